The summed E-state index contributed by atoms with van der Waals surface area (Å²) in [5, 5.41) is 10.4. The molecule has 146 valence electrons. The van der Waals surface area contributed by atoms with E-state index in [1.165, 1.54) is 0 Å². The van der Waals surface area contributed by atoms with E-state index in [0.29, 0.717) is 17.1 Å². The van der Waals surface area contributed by atoms with Gasteiger partial charge in [-0.25, -0.2) is 4.98 Å². The number of ether oxygens (including phenoxy) is 1. The molecule has 7 heteroatoms. The van der Waals surface area contributed by atoms with Crippen molar-refractivity contribution in [2.24, 2.45) is 5.73 Å². The summed E-state index contributed by atoms with van der Waals surface area (Å²) in [6.45, 7) is 6.08. The third-order valence-electron chi connectivity index (χ3n) is 4.90. The molecule has 3 N–H and O–H groups in total. The molecule has 3 heterocycles. The van der Waals surface area contributed by atoms with Gasteiger partial charge in [-0.05, 0) is 56.7 Å². The number of nitrogens with two attached hydrogens (primary N) is 1. The fourth-order valence-electron chi connectivity index (χ4n) is 3.48. The van der Waals surface area contributed by atoms with Crippen LogP contribution < -0.4 is 10.5 Å². The number of thiophene rings is 1. The van der Waals surface area contributed by atoms with E-state index in [1.807, 2.05) is 51.1 Å². The molecule has 0 amide bonds. The van der Waals surface area contributed by atoms with Crippen molar-refractivity contribution in [1.29, 1.82) is 5.26 Å². The zero-order chi connectivity index (χ0) is 20.7. The molecule has 0 radical (unpaired) electrons. The maximum absolute atomic E-state index is 9.47. The van der Waals surface area contributed by atoms with Crippen LogP contribution in [0.15, 0.2) is 30.3 Å². The summed E-state index contributed by atoms with van der Waals surface area (Å²) in [5.41, 5.74) is 12.4. The zero-order valence-electron chi connectivity index (χ0n) is 16.7. The summed E-state index contributed by atoms with van der Waals surface area (Å²) in [4.78, 5) is 8.94. The standard InChI is InChI=1S/C22H21N5OS/c1-12-7-15(14(3)27(12)22-16(11-23)8-13(2)29-22)9-18(24)21-25-19-6-5-17(28-4)10-20(19)26-21/h5-10H,24H2,1-4H3,(H,25,26)/b18-9-. The molecule has 3 aromatic heterocycles. The largest absolute Gasteiger partial charge is 0.497 e. The van der Waals surface area contributed by atoms with Crippen LogP contribution >= 0.6 is 11.3 Å². The summed E-state index contributed by atoms with van der Waals surface area (Å²) < 4.78 is 7.37. The number of methoxy groups -OCH3 is 1. The van der Waals surface area contributed by atoms with Crippen molar-refractivity contribution in [3.8, 4) is 16.8 Å². The molecule has 0 aliphatic heterocycles. The molecule has 4 rings (SSSR count). The van der Waals surface area contributed by atoms with E-state index in [9.17, 15) is 5.26 Å². The number of aryl methyl sites for hydroxylation is 2. The fraction of sp³-hybridized carbons (Fsp3) is 0.182. The SMILES string of the molecule is COc1ccc2nc(/C(N)=C/c3cc(C)n(-c4sc(C)cc4C#N)c3C)[nH]c2c1. The summed E-state index contributed by atoms with van der Waals surface area (Å²) >= 11 is 1.61. The summed E-state index contributed by atoms with van der Waals surface area (Å²) in [7, 11) is 1.63. The number of H-pyrrole nitrogens is 1. The minimum Gasteiger partial charge on any atom is -0.497 e. The van der Waals surface area contributed by atoms with Crippen molar-refractivity contribution in [3.63, 3.8) is 0 Å². The topological polar surface area (TPSA) is 92.7 Å². The number of nitrogens with one attached hydrogen (secondary N) is 1. The molecular weight excluding hydrogens is 382 g/mol. The second kappa shape index (κ2) is 7.15. The third kappa shape index (κ3) is 3.28. The highest BCUT2D eigenvalue weighted by Crippen LogP contribution is 2.31. The molecule has 6 nitrogen and oxygen atoms in total. The van der Waals surface area contributed by atoms with Crippen LogP contribution in [-0.4, -0.2) is 21.6 Å². The molecule has 0 aliphatic carbocycles. The van der Waals surface area contributed by atoms with Crippen LogP contribution in [0.25, 0.3) is 27.8 Å². The van der Waals surface area contributed by atoms with Crippen LogP contribution in [0.1, 0.15) is 33.2 Å². The van der Waals surface area contributed by atoms with Gasteiger partial charge in [0, 0.05) is 22.3 Å². The number of aromatic amines is 1. The molecule has 0 spiro atoms. The Labute approximate surface area is 172 Å². The molecule has 0 aliphatic rings. The number of nitrogens with zero attached hydrogens (tertiary/aromatic N) is 3. The van der Waals surface area contributed by atoms with E-state index >= 15 is 0 Å². The first-order chi connectivity index (χ1) is 13.9. The van der Waals surface area contributed by atoms with Gasteiger partial charge < -0.3 is 20.0 Å². The molecule has 0 fully saturated rings. The van der Waals surface area contributed by atoms with Gasteiger partial charge >= 0.3 is 0 Å². The Morgan fingerprint density at radius 2 is 2.07 bits per heavy atom. The normalized spacial score (nSPS) is 11.8. The minimum absolute atomic E-state index is 0.545. The van der Waals surface area contributed by atoms with Crippen molar-refractivity contribution in [2.75, 3.05) is 7.11 Å². The molecule has 0 saturated heterocycles. The Morgan fingerprint density at radius 3 is 2.79 bits per heavy atom. The monoisotopic (exact) mass is 403 g/mol. The molecule has 29 heavy (non-hydrogen) atoms. The van der Waals surface area contributed by atoms with Gasteiger partial charge in [0.25, 0.3) is 0 Å². The zero-order valence-corrected chi connectivity index (χ0v) is 17.5. The predicted octanol–water partition coefficient (Wildman–Crippen LogP) is 4.68. The number of hydrogen-bond donors (Lipinski definition) is 2. The van der Waals surface area contributed by atoms with Gasteiger partial charge in [0.15, 0.2) is 5.82 Å². The third-order valence-corrected chi connectivity index (χ3v) is 5.94. The quantitative estimate of drug-likeness (QED) is 0.517. The number of nitriles is 1. The number of fused-ring (bicyclic) bond motifs is 1. The van der Waals surface area contributed by atoms with Crippen molar-refractivity contribution in [1.82, 2.24) is 14.5 Å². The lowest BCUT2D eigenvalue weighted by Gasteiger charge is -2.07. The first-order valence-corrected chi connectivity index (χ1v) is 9.94. The minimum atomic E-state index is 0.545. The fourth-order valence-corrected chi connectivity index (χ4v) is 4.55. The van der Waals surface area contributed by atoms with E-state index < -0.39 is 0 Å². The van der Waals surface area contributed by atoms with Crippen LogP contribution in [0.5, 0.6) is 5.75 Å². The Balaban J connectivity index is 1.76. The van der Waals surface area contributed by atoms with Crippen molar-refractivity contribution in [3.05, 3.63) is 63.5 Å². The lowest BCUT2D eigenvalue weighted by Crippen LogP contribution is -2.00. The second-order valence-corrected chi connectivity index (χ2v) is 8.15. The lowest BCUT2D eigenvalue weighted by atomic mass is 10.2. The molecular formula is C22H21N5OS. The average Bonchev–Trinajstić information content (AvgIpc) is 3.36. The molecule has 0 unspecified atom stereocenters. The van der Waals surface area contributed by atoms with Gasteiger partial charge in [-0.1, -0.05) is 0 Å². The highest BCUT2D eigenvalue weighted by molar-refractivity contribution is 7.14. The smallest absolute Gasteiger partial charge is 0.154 e. The Morgan fingerprint density at radius 1 is 1.28 bits per heavy atom. The Kier molecular flexibility index (Phi) is 4.65. The van der Waals surface area contributed by atoms with E-state index in [1.54, 1.807) is 18.4 Å². The lowest BCUT2D eigenvalue weighted by molar-refractivity contribution is 0.415. The summed E-state index contributed by atoms with van der Waals surface area (Å²) in [6, 6.07) is 12.0. The second-order valence-electron chi connectivity index (χ2n) is 6.92. The highest BCUT2D eigenvalue weighted by atomic mass is 32.1. The first-order valence-electron chi connectivity index (χ1n) is 9.12. The number of imidazole rings is 1. The molecule has 0 saturated carbocycles. The van der Waals surface area contributed by atoms with Crippen molar-refractivity contribution >= 4 is 34.1 Å². The molecule has 0 atom stereocenters. The number of aromatic nitrogens is 3. The van der Waals surface area contributed by atoms with Crippen LogP contribution in [0.4, 0.5) is 0 Å². The highest BCUT2D eigenvalue weighted by Gasteiger charge is 2.16. The van der Waals surface area contributed by atoms with E-state index in [2.05, 4.69) is 26.7 Å². The molecule has 0 bridgehead atoms. The molecule has 4 aromatic rings. The van der Waals surface area contributed by atoms with Gasteiger partial charge in [0.05, 0.1) is 29.4 Å². The van der Waals surface area contributed by atoms with Crippen molar-refractivity contribution < 1.29 is 4.74 Å². The van der Waals surface area contributed by atoms with Gasteiger partial charge in [0.1, 0.15) is 16.8 Å². The van der Waals surface area contributed by atoms with Crippen LogP contribution in [0, 0.1) is 32.1 Å². The van der Waals surface area contributed by atoms with E-state index in [-0.39, 0.29) is 0 Å². The van der Waals surface area contributed by atoms with E-state index in [0.717, 1.165) is 43.6 Å². The van der Waals surface area contributed by atoms with Gasteiger partial charge in [-0.2, -0.15) is 5.26 Å². The van der Waals surface area contributed by atoms with Crippen LogP contribution in [0.2, 0.25) is 0 Å². The first kappa shape index (κ1) is 18.8. The maximum atomic E-state index is 9.47. The van der Waals surface area contributed by atoms with Crippen LogP contribution in [-0.2, 0) is 0 Å². The predicted molar refractivity (Wildman–Crippen MR) is 117 cm³/mol. The summed E-state index contributed by atoms with van der Waals surface area (Å²) in [6.07, 6.45) is 1.92. The van der Waals surface area contributed by atoms with Crippen molar-refractivity contribution in [2.45, 2.75) is 20.8 Å². The molecule has 1 aromatic carbocycles. The van der Waals surface area contributed by atoms with Gasteiger partial charge in [-0.15, -0.1) is 11.3 Å². The summed E-state index contributed by atoms with van der Waals surface area (Å²) in [5.74, 6) is 1.38. The average molecular weight is 404 g/mol. The Bertz CT molecular complexity index is 1300. The number of benzene rings is 1. The number of rotatable bonds is 4. The van der Waals surface area contributed by atoms with Crippen LogP contribution in [0.3, 0.4) is 0 Å². The number of hydrogen-bond acceptors (Lipinski definition) is 5. The van der Waals surface area contributed by atoms with Gasteiger partial charge in [-0.3, -0.25) is 0 Å². The van der Waals surface area contributed by atoms with Gasteiger partial charge in [0.2, 0.25) is 0 Å². The van der Waals surface area contributed by atoms with E-state index in [4.69, 9.17) is 10.5 Å². The Hall–Kier alpha value is -3.50. The maximum Gasteiger partial charge on any atom is 0.154 e.